The van der Waals surface area contributed by atoms with Crippen molar-refractivity contribution in [3.63, 3.8) is 0 Å². The lowest BCUT2D eigenvalue weighted by Crippen LogP contribution is -2.28. The number of hydrogen-bond donors (Lipinski definition) is 0. The third-order valence-corrected chi connectivity index (χ3v) is 3.28. The number of rotatable bonds is 8. The van der Waals surface area contributed by atoms with Crippen LogP contribution in [0.1, 0.15) is 52.0 Å². The molecule has 0 saturated carbocycles. The average molecular weight is 460 g/mol. The molecule has 0 bridgehead atoms. The standard InChI is InChI=1S/C19H26BrNO7/c1-18(2,3)27-16(23)10-25-14-7-12(13(22)8-20)21-9-15(14)26-11-17(24)28-19(4,5)6/h7,9H,8,10-11H2,1-6H3. The van der Waals surface area contributed by atoms with E-state index in [1.165, 1.54) is 12.3 Å². The van der Waals surface area contributed by atoms with Crippen LogP contribution in [0.2, 0.25) is 0 Å². The Morgan fingerprint density at radius 1 is 0.893 bits per heavy atom. The van der Waals surface area contributed by atoms with E-state index in [-0.39, 0.29) is 34.9 Å². The summed E-state index contributed by atoms with van der Waals surface area (Å²) in [5, 5.41) is 0.0730. The molecular weight excluding hydrogens is 434 g/mol. The highest BCUT2D eigenvalue weighted by Gasteiger charge is 2.20. The van der Waals surface area contributed by atoms with Crippen molar-refractivity contribution in [3.05, 3.63) is 18.0 Å². The predicted molar refractivity (Wildman–Crippen MR) is 105 cm³/mol. The fourth-order valence-electron chi connectivity index (χ4n) is 1.88. The van der Waals surface area contributed by atoms with Crippen molar-refractivity contribution in [2.24, 2.45) is 0 Å². The fourth-order valence-corrected chi connectivity index (χ4v) is 2.17. The van der Waals surface area contributed by atoms with Crippen molar-refractivity contribution in [1.29, 1.82) is 0 Å². The molecule has 1 heterocycles. The lowest BCUT2D eigenvalue weighted by molar-refractivity contribution is -0.158. The van der Waals surface area contributed by atoms with E-state index in [1.54, 1.807) is 41.5 Å². The second-order valence-corrected chi connectivity index (χ2v) is 8.38. The summed E-state index contributed by atoms with van der Waals surface area (Å²) in [5.74, 6) is -1.25. The van der Waals surface area contributed by atoms with Crippen molar-refractivity contribution in [3.8, 4) is 11.5 Å². The SMILES string of the molecule is CC(C)(C)OC(=O)COc1cnc(C(=O)CBr)cc1OCC(=O)OC(C)(C)C. The zero-order chi connectivity index (χ0) is 21.5. The lowest BCUT2D eigenvalue weighted by atomic mass is 10.2. The molecule has 0 amide bonds. The van der Waals surface area contributed by atoms with Crippen LogP contribution in [0.3, 0.4) is 0 Å². The molecule has 0 N–H and O–H groups in total. The maximum atomic E-state index is 11.9. The molecule has 0 fully saturated rings. The first kappa shape index (κ1) is 23.9. The van der Waals surface area contributed by atoms with Crippen LogP contribution >= 0.6 is 15.9 Å². The monoisotopic (exact) mass is 459 g/mol. The van der Waals surface area contributed by atoms with E-state index < -0.39 is 29.7 Å². The van der Waals surface area contributed by atoms with Crippen LogP contribution in [-0.2, 0) is 19.1 Å². The Morgan fingerprint density at radius 3 is 1.79 bits per heavy atom. The summed E-state index contributed by atoms with van der Waals surface area (Å²) in [4.78, 5) is 39.6. The van der Waals surface area contributed by atoms with E-state index in [9.17, 15) is 14.4 Å². The molecule has 0 aliphatic heterocycles. The highest BCUT2D eigenvalue weighted by atomic mass is 79.9. The first-order valence-electron chi connectivity index (χ1n) is 8.59. The van der Waals surface area contributed by atoms with Gasteiger partial charge in [-0.05, 0) is 41.5 Å². The lowest BCUT2D eigenvalue weighted by Gasteiger charge is -2.20. The maximum absolute atomic E-state index is 11.9. The zero-order valence-corrected chi connectivity index (χ0v) is 18.5. The fraction of sp³-hybridized carbons (Fsp3) is 0.579. The number of pyridine rings is 1. The van der Waals surface area contributed by atoms with Gasteiger partial charge in [-0.25, -0.2) is 14.6 Å². The second kappa shape index (κ2) is 9.86. The normalized spacial score (nSPS) is 11.5. The van der Waals surface area contributed by atoms with Crippen LogP contribution in [0.25, 0.3) is 0 Å². The van der Waals surface area contributed by atoms with Gasteiger partial charge in [-0.3, -0.25) is 4.79 Å². The van der Waals surface area contributed by atoms with Crippen molar-refractivity contribution in [2.75, 3.05) is 18.5 Å². The number of hydrogen-bond acceptors (Lipinski definition) is 8. The summed E-state index contributed by atoms with van der Waals surface area (Å²) in [5.41, 5.74) is -1.19. The molecule has 0 aromatic carbocycles. The zero-order valence-electron chi connectivity index (χ0n) is 17.0. The molecule has 1 aromatic rings. The van der Waals surface area contributed by atoms with Crippen molar-refractivity contribution in [1.82, 2.24) is 4.98 Å². The number of halogens is 1. The summed E-state index contributed by atoms with van der Waals surface area (Å²) < 4.78 is 21.2. The Hall–Kier alpha value is -2.16. The number of aromatic nitrogens is 1. The van der Waals surface area contributed by atoms with Gasteiger partial charge in [0.2, 0.25) is 0 Å². The Morgan fingerprint density at radius 2 is 1.36 bits per heavy atom. The second-order valence-electron chi connectivity index (χ2n) is 7.82. The topological polar surface area (TPSA) is 101 Å². The highest BCUT2D eigenvalue weighted by Crippen LogP contribution is 2.27. The van der Waals surface area contributed by atoms with E-state index >= 15 is 0 Å². The minimum absolute atomic E-state index is 0.0730. The number of nitrogens with zero attached hydrogens (tertiary/aromatic N) is 1. The predicted octanol–water partition coefficient (Wildman–Crippen LogP) is 3.10. The Balaban J connectivity index is 2.91. The smallest absolute Gasteiger partial charge is 0.344 e. The molecule has 0 aliphatic rings. The molecule has 28 heavy (non-hydrogen) atoms. The van der Waals surface area contributed by atoms with Crippen LogP contribution in [0.4, 0.5) is 0 Å². The van der Waals surface area contributed by atoms with Gasteiger partial charge < -0.3 is 18.9 Å². The number of esters is 2. The average Bonchev–Trinajstić information content (AvgIpc) is 2.54. The van der Waals surface area contributed by atoms with Crippen molar-refractivity contribution < 1.29 is 33.3 Å². The summed E-state index contributed by atoms with van der Waals surface area (Å²) in [6.07, 6.45) is 1.25. The third-order valence-electron chi connectivity index (χ3n) is 2.77. The van der Waals surface area contributed by atoms with E-state index in [2.05, 4.69) is 20.9 Å². The van der Waals surface area contributed by atoms with Gasteiger partial charge >= 0.3 is 11.9 Å². The third kappa shape index (κ3) is 9.16. The molecule has 156 valence electrons. The molecular formula is C19H26BrNO7. The maximum Gasteiger partial charge on any atom is 0.344 e. The van der Waals surface area contributed by atoms with Crippen LogP contribution < -0.4 is 9.47 Å². The van der Waals surface area contributed by atoms with Gasteiger partial charge in [0, 0.05) is 6.07 Å². The summed E-state index contributed by atoms with van der Waals surface area (Å²) >= 11 is 3.07. The Kier molecular flexibility index (Phi) is 8.41. The Bertz CT molecular complexity index is 720. The van der Waals surface area contributed by atoms with Gasteiger partial charge in [-0.15, -0.1) is 0 Å². The highest BCUT2D eigenvalue weighted by molar-refractivity contribution is 9.09. The number of carbonyl (C=O) groups excluding carboxylic acids is 3. The van der Waals surface area contributed by atoms with Gasteiger partial charge in [0.25, 0.3) is 0 Å². The molecule has 0 atom stereocenters. The van der Waals surface area contributed by atoms with Crippen LogP contribution in [0.15, 0.2) is 12.3 Å². The molecule has 0 unspecified atom stereocenters. The number of alkyl halides is 1. The van der Waals surface area contributed by atoms with E-state index in [0.717, 1.165) is 0 Å². The van der Waals surface area contributed by atoms with Crippen molar-refractivity contribution >= 4 is 33.7 Å². The summed E-state index contributed by atoms with van der Waals surface area (Å²) in [6.45, 7) is 9.64. The molecule has 1 aromatic heterocycles. The van der Waals surface area contributed by atoms with Gasteiger partial charge in [-0.2, -0.15) is 0 Å². The first-order valence-corrected chi connectivity index (χ1v) is 9.71. The molecule has 0 spiro atoms. The summed E-state index contributed by atoms with van der Waals surface area (Å²) in [6, 6.07) is 1.35. The van der Waals surface area contributed by atoms with Crippen LogP contribution in [0, 0.1) is 0 Å². The summed E-state index contributed by atoms with van der Waals surface area (Å²) in [7, 11) is 0. The molecule has 1 rings (SSSR count). The van der Waals surface area contributed by atoms with Crippen LogP contribution in [-0.4, -0.2) is 52.5 Å². The van der Waals surface area contributed by atoms with Gasteiger partial charge in [0.15, 0.2) is 30.5 Å². The minimum Gasteiger partial charge on any atom is -0.478 e. The van der Waals surface area contributed by atoms with E-state index in [4.69, 9.17) is 18.9 Å². The molecule has 0 saturated heterocycles. The first-order chi connectivity index (χ1) is 12.8. The number of Topliss-reactive ketones (excluding diaryl/α,β-unsaturated/α-hetero) is 1. The molecule has 0 radical (unpaired) electrons. The number of ether oxygens (including phenoxy) is 4. The van der Waals surface area contributed by atoms with Crippen LogP contribution in [0.5, 0.6) is 11.5 Å². The molecule has 8 nitrogen and oxygen atoms in total. The number of carbonyl (C=O) groups is 3. The van der Waals surface area contributed by atoms with Gasteiger partial charge in [0.05, 0.1) is 11.5 Å². The molecule has 9 heteroatoms. The minimum atomic E-state index is -0.661. The Labute approximate surface area is 173 Å². The number of ketones is 1. The van der Waals surface area contributed by atoms with Crippen molar-refractivity contribution in [2.45, 2.75) is 52.7 Å². The largest absolute Gasteiger partial charge is 0.478 e. The van der Waals surface area contributed by atoms with Gasteiger partial charge in [-0.1, -0.05) is 15.9 Å². The van der Waals surface area contributed by atoms with E-state index in [1.807, 2.05) is 0 Å². The quantitative estimate of drug-likeness (QED) is 0.332. The molecule has 0 aliphatic carbocycles. The van der Waals surface area contributed by atoms with Gasteiger partial charge in [0.1, 0.15) is 16.9 Å². The van der Waals surface area contributed by atoms with E-state index in [0.29, 0.717) is 0 Å².